The van der Waals surface area contributed by atoms with E-state index in [2.05, 4.69) is 50.8 Å². The molecule has 0 saturated carbocycles. The summed E-state index contributed by atoms with van der Waals surface area (Å²) >= 11 is 3.56. The van der Waals surface area contributed by atoms with Crippen LogP contribution in [0.15, 0.2) is 64.0 Å². The van der Waals surface area contributed by atoms with Gasteiger partial charge < -0.3 is 14.9 Å². The highest BCUT2D eigenvalue weighted by Crippen LogP contribution is 2.31. The molecule has 0 aliphatic heterocycles. The second kappa shape index (κ2) is 9.40. The molecule has 5 nitrogen and oxygen atoms in total. The fourth-order valence-electron chi connectivity index (χ4n) is 4.38. The molecule has 0 radical (unpaired) electrons. The van der Waals surface area contributed by atoms with Gasteiger partial charge in [0.2, 0.25) is 0 Å². The maximum atomic E-state index is 13.3. The van der Waals surface area contributed by atoms with Crippen LogP contribution in [0.2, 0.25) is 0 Å². The minimum absolute atomic E-state index is 0.161. The molecule has 0 bridgehead atoms. The smallest absolute Gasteiger partial charge is 0.253 e. The quantitative estimate of drug-likeness (QED) is 0.347. The van der Waals surface area contributed by atoms with Gasteiger partial charge in [-0.25, -0.2) is 0 Å². The molecule has 0 aliphatic rings. The van der Waals surface area contributed by atoms with Gasteiger partial charge in [-0.1, -0.05) is 46.3 Å². The highest BCUT2D eigenvalue weighted by Gasteiger charge is 2.19. The number of carbonyl (C=O) groups excluding carboxylic acids is 1. The van der Waals surface area contributed by atoms with Crippen LogP contribution >= 0.6 is 15.9 Å². The molecule has 2 N–H and O–H groups in total. The summed E-state index contributed by atoms with van der Waals surface area (Å²) in [5, 5.41) is 3.93. The van der Waals surface area contributed by atoms with Crippen LogP contribution in [0.25, 0.3) is 10.9 Å². The number of hydrogen-bond donors (Lipinski definition) is 2. The Hall–Kier alpha value is -3.12. The van der Waals surface area contributed by atoms with Crippen LogP contribution in [-0.4, -0.2) is 15.5 Å². The normalized spacial score (nSPS) is 11.3. The first-order valence-corrected chi connectivity index (χ1v) is 11.9. The van der Waals surface area contributed by atoms with Crippen LogP contribution in [0.5, 0.6) is 0 Å². The molecule has 4 rings (SSSR count). The number of benzene rings is 2. The second-order valence-electron chi connectivity index (χ2n) is 8.79. The van der Waals surface area contributed by atoms with Crippen LogP contribution in [0.1, 0.15) is 58.2 Å². The van der Waals surface area contributed by atoms with Gasteiger partial charge >= 0.3 is 0 Å². The summed E-state index contributed by atoms with van der Waals surface area (Å²) < 4.78 is 3.02. The van der Waals surface area contributed by atoms with Crippen molar-refractivity contribution in [2.75, 3.05) is 0 Å². The zero-order valence-corrected chi connectivity index (χ0v) is 20.9. The number of hydrogen-bond acceptors (Lipinski definition) is 2. The molecule has 6 heteroatoms. The molecular weight excluding hydrogens is 478 g/mol. The van der Waals surface area contributed by atoms with E-state index in [1.807, 2.05) is 62.4 Å². The lowest BCUT2D eigenvalue weighted by molar-refractivity contribution is 0.0952. The molecule has 0 fully saturated rings. The van der Waals surface area contributed by atoms with Gasteiger partial charge in [0, 0.05) is 39.9 Å². The molecule has 33 heavy (non-hydrogen) atoms. The van der Waals surface area contributed by atoms with Crippen LogP contribution in [0, 0.1) is 13.8 Å². The Morgan fingerprint density at radius 2 is 1.85 bits per heavy atom. The predicted molar refractivity (Wildman–Crippen MR) is 137 cm³/mol. The van der Waals surface area contributed by atoms with E-state index in [1.54, 1.807) is 0 Å². The molecule has 2 aromatic heterocycles. The Kier molecular flexibility index (Phi) is 6.56. The summed E-state index contributed by atoms with van der Waals surface area (Å²) in [6.07, 6.45) is 2.72. The standard InChI is InChI=1S/C27H28BrN3O2/c1-16(2)31-15-17(3)25-22(12-21(28)13-24(25)31)26(32)29-14-23-20(10-18(4)30-27(23)33)11-19-8-6-5-7-9-19/h5-10,12-13,15-16H,11,14H2,1-4H3,(H,29,32)(H,30,33). The average molecular weight is 506 g/mol. The number of fused-ring (bicyclic) bond motifs is 1. The Morgan fingerprint density at radius 3 is 2.55 bits per heavy atom. The number of carbonyl (C=O) groups is 1. The van der Waals surface area contributed by atoms with Gasteiger partial charge in [-0.05, 0) is 69.0 Å². The molecule has 0 spiro atoms. The Balaban J connectivity index is 1.66. The fraction of sp³-hybridized carbons (Fsp3) is 0.259. The van der Waals surface area contributed by atoms with Gasteiger partial charge in [-0.15, -0.1) is 0 Å². The maximum Gasteiger partial charge on any atom is 0.253 e. The van der Waals surface area contributed by atoms with Gasteiger partial charge in [0.15, 0.2) is 0 Å². The highest BCUT2D eigenvalue weighted by molar-refractivity contribution is 9.10. The number of aryl methyl sites for hydroxylation is 2. The van der Waals surface area contributed by atoms with Gasteiger partial charge in [0.1, 0.15) is 0 Å². The number of pyridine rings is 1. The van der Waals surface area contributed by atoms with Crippen molar-refractivity contribution < 1.29 is 4.79 Å². The molecule has 2 heterocycles. The van der Waals surface area contributed by atoms with Crippen LogP contribution in [0.4, 0.5) is 0 Å². The van der Waals surface area contributed by atoms with Gasteiger partial charge in [0.05, 0.1) is 11.1 Å². The summed E-state index contributed by atoms with van der Waals surface area (Å²) in [4.78, 5) is 29.0. The SMILES string of the molecule is Cc1cc(Cc2ccccc2)c(CNC(=O)c2cc(Br)cc3c2c(C)cn3C(C)C)c(=O)[nH]1. The van der Waals surface area contributed by atoms with E-state index < -0.39 is 0 Å². The van der Waals surface area contributed by atoms with E-state index in [1.165, 1.54) is 0 Å². The number of aromatic amines is 1. The predicted octanol–water partition coefficient (Wildman–Crippen LogP) is 5.81. The number of aromatic nitrogens is 2. The first-order valence-electron chi connectivity index (χ1n) is 11.1. The molecule has 0 saturated heterocycles. The fourth-order valence-corrected chi connectivity index (χ4v) is 4.82. The van der Waals surface area contributed by atoms with E-state index in [0.717, 1.165) is 37.8 Å². The Bertz CT molecular complexity index is 1380. The van der Waals surface area contributed by atoms with Crippen molar-refractivity contribution in [3.8, 4) is 0 Å². The zero-order chi connectivity index (χ0) is 23.7. The van der Waals surface area contributed by atoms with Crippen molar-refractivity contribution in [2.24, 2.45) is 0 Å². The number of amides is 1. The minimum Gasteiger partial charge on any atom is -0.348 e. The largest absolute Gasteiger partial charge is 0.348 e. The second-order valence-corrected chi connectivity index (χ2v) is 9.71. The summed E-state index contributed by atoms with van der Waals surface area (Å²) in [7, 11) is 0. The molecular formula is C27H28BrN3O2. The number of halogens is 1. The first-order chi connectivity index (χ1) is 15.7. The average Bonchev–Trinajstić information content (AvgIpc) is 3.09. The Morgan fingerprint density at radius 1 is 1.12 bits per heavy atom. The molecule has 0 aliphatic carbocycles. The van der Waals surface area contributed by atoms with Gasteiger partial charge in [0.25, 0.3) is 11.5 Å². The van der Waals surface area contributed by atoms with Crippen LogP contribution in [0.3, 0.4) is 0 Å². The van der Waals surface area contributed by atoms with Gasteiger partial charge in [-0.3, -0.25) is 9.59 Å². The number of rotatable bonds is 6. The van der Waals surface area contributed by atoms with E-state index in [4.69, 9.17) is 0 Å². The Labute approximate surface area is 202 Å². The van der Waals surface area contributed by atoms with Gasteiger partial charge in [-0.2, -0.15) is 0 Å². The lowest BCUT2D eigenvalue weighted by Gasteiger charge is -2.13. The summed E-state index contributed by atoms with van der Waals surface area (Å²) in [6, 6.07) is 16.2. The van der Waals surface area contributed by atoms with Crippen LogP contribution in [-0.2, 0) is 13.0 Å². The van der Waals surface area contributed by atoms with Crippen molar-refractivity contribution in [1.29, 1.82) is 0 Å². The lowest BCUT2D eigenvalue weighted by Crippen LogP contribution is -2.28. The van der Waals surface area contributed by atoms with Crippen LogP contribution < -0.4 is 10.9 Å². The number of nitrogens with zero attached hydrogens (tertiary/aromatic N) is 1. The molecule has 0 unspecified atom stereocenters. The van der Waals surface area contributed by atoms with E-state index >= 15 is 0 Å². The monoisotopic (exact) mass is 505 g/mol. The zero-order valence-electron chi connectivity index (χ0n) is 19.3. The third-order valence-corrected chi connectivity index (χ3v) is 6.37. The molecule has 4 aromatic rings. The lowest BCUT2D eigenvalue weighted by atomic mass is 10.00. The van der Waals surface area contributed by atoms with Crippen molar-refractivity contribution >= 4 is 32.7 Å². The number of H-pyrrole nitrogens is 1. The maximum absolute atomic E-state index is 13.3. The summed E-state index contributed by atoms with van der Waals surface area (Å²) in [5.41, 5.74) is 5.93. The number of nitrogens with one attached hydrogen (secondary N) is 2. The van der Waals surface area contributed by atoms with E-state index in [9.17, 15) is 9.59 Å². The molecule has 170 valence electrons. The summed E-state index contributed by atoms with van der Waals surface area (Å²) in [5.74, 6) is -0.198. The highest BCUT2D eigenvalue weighted by atomic mass is 79.9. The molecule has 1 amide bonds. The third kappa shape index (κ3) is 4.81. The van der Waals surface area contributed by atoms with Crippen molar-refractivity contribution in [1.82, 2.24) is 14.9 Å². The van der Waals surface area contributed by atoms with Crippen molar-refractivity contribution in [2.45, 2.75) is 46.7 Å². The van der Waals surface area contributed by atoms with Crippen molar-refractivity contribution in [3.05, 3.63) is 103 Å². The topological polar surface area (TPSA) is 66.9 Å². The minimum atomic E-state index is -0.198. The summed E-state index contributed by atoms with van der Waals surface area (Å²) in [6.45, 7) is 8.30. The van der Waals surface area contributed by atoms with E-state index in [0.29, 0.717) is 17.5 Å². The van der Waals surface area contributed by atoms with E-state index in [-0.39, 0.29) is 24.1 Å². The molecule has 2 aromatic carbocycles. The van der Waals surface area contributed by atoms with Crippen molar-refractivity contribution in [3.63, 3.8) is 0 Å². The third-order valence-electron chi connectivity index (χ3n) is 5.91. The first kappa shape index (κ1) is 23.1. The molecule has 0 atom stereocenters.